The van der Waals surface area contributed by atoms with Crippen molar-refractivity contribution in [2.75, 3.05) is 18.5 Å². The van der Waals surface area contributed by atoms with Crippen molar-refractivity contribution in [3.8, 4) is 0 Å². The lowest BCUT2D eigenvalue weighted by Crippen LogP contribution is -2.40. The monoisotopic (exact) mass is 332 g/mol. The standard InChI is InChI=1S/C18H24N2O4/c1-12-5-6-14(9-13(12)2)20-17(22)16(21)19-10-15-11-23-18(24-15)7-3-4-8-18/h5-6,9,15H,3-4,7-8,10-11H2,1-2H3,(H,19,21)(H,20,22). The molecule has 1 aliphatic heterocycles. The van der Waals surface area contributed by atoms with Gasteiger partial charge in [0.15, 0.2) is 5.79 Å². The number of benzene rings is 1. The van der Waals surface area contributed by atoms with Crippen LogP contribution in [0.15, 0.2) is 18.2 Å². The van der Waals surface area contributed by atoms with E-state index in [-0.39, 0.29) is 12.6 Å². The fraction of sp³-hybridized carbons (Fsp3) is 0.556. The van der Waals surface area contributed by atoms with Crippen LogP contribution >= 0.6 is 0 Å². The molecule has 1 unspecified atom stereocenters. The molecular weight excluding hydrogens is 308 g/mol. The lowest BCUT2D eigenvalue weighted by atomic mass is 10.1. The number of ether oxygens (including phenoxy) is 2. The summed E-state index contributed by atoms with van der Waals surface area (Å²) in [6.45, 7) is 4.69. The van der Waals surface area contributed by atoms with Crippen LogP contribution in [0.3, 0.4) is 0 Å². The Morgan fingerprint density at radius 3 is 2.62 bits per heavy atom. The van der Waals surface area contributed by atoms with Crippen LogP contribution in [-0.2, 0) is 19.1 Å². The second-order valence-corrected chi connectivity index (χ2v) is 6.63. The molecule has 1 aromatic rings. The number of carbonyl (C=O) groups is 2. The first-order chi connectivity index (χ1) is 11.5. The van der Waals surface area contributed by atoms with Gasteiger partial charge in [0.25, 0.3) is 0 Å². The molecule has 1 spiro atoms. The summed E-state index contributed by atoms with van der Waals surface area (Å²) in [6.07, 6.45) is 3.84. The summed E-state index contributed by atoms with van der Waals surface area (Å²) in [5, 5.41) is 5.23. The molecule has 2 aliphatic rings. The highest BCUT2D eigenvalue weighted by Crippen LogP contribution is 2.38. The van der Waals surface area contributed by atoms with Crippen LogP contribution in [0.2, 0.25) is 0 Å². The summed E-state index contributed by atoms with van der Waals surface area (Å²) in [4.78, 5) is 23.9. The second-order valence-electron chi connectivity index (χ2n) is 6.63. The third-order valence-corrected chi connectivity index (χ3v) is 4.74. The maximum Gasteiger partial charge on any atom is 0.313 e. The molecule has 1 saturated heterocycles. The summed E-state index contributed by atoms with van der Waals surface area (Å²) >= 11 is 0. The van der Waals surface area contributed by atoms with Crippen LogP contribution in [0.5, 0.6) is 0 Å². The highest BCUT2D eigenvalue weighted by atomic mass is 16.7. The third-order valence-electron chi connectivity index (χ3n) is 4.74. The number of rotatable bonds is 3. The van der Waals surface area contributed by atoms with Gasteiger partial charge in [-0.15, -0.1) is 0 Å². The van der Waals surface area contributed by atoms with Gasteiger partial charge in [0, 0.05) is 25.1 Å². The SMILES string of the molecule is Cc1ccc(NC(=O)C(=O)NCC2COC3(CCCC3)O2)cc1C. The van der Waals surface area contributed by atoms with E-state index in [1.165, 1.54) is 0 Å². The van der Waals surface area contributed by atoms with Crippen LogP contribution in [0.1, 0.15) is 36.8 Å². The number of anilines is 1. The molecule has 2 fully saturated rings. The third kappa shape index (κ3) is 3.76. The minimum atomic E-state index is -0.673. The van der Waals surface area contributed by atoms with Gasteiger partial charge in [0.1, 0.15) is 6.10 Å². The number of amides is 2. The lowest BCUT2D eigenvalue weighted by Gasteiger charge is -2.21. The largest absolute Gasteiger partial charge is 0.347 e. The Kier molecular flexibility index (Phi) is 4.87. The number of nitrogens with one attached hydrogen (secondary N) is 2. The zero-order valence-electron chi connectivity index (χ0n) is 14.2. The number of hydrogen-bond donors (Lipinski definition) is 2. The summed E-state index contributed by atoms with van der Waals surface area (Å²) in [6, 6.07) is 5.54. The van der Waals surface area contributed by atoms with Crippen LogP contribution in [-0.4, -0.2) is 36.9 Å². The van der Waals surface area contributed by atoms with E-state index in [9.17, 15) is 9.59 Å². The molecule has 1 aliphatic carbocycles. The van der Waals surface area contributed by atoms with Gasteiger partial charge in [-0.3, -0.25) is 9.59 Å². The van der Waals surface area contributed by atoms with Gasteiger partial charge in [-0.1, -0.05) is 6.07 Å². The van der Waals surface area contributed by atoms with E-state index < -0.39 is 17.6 Å². The van der Waals surface area contributed by atoms with E-state index >= 15 is 0 Å². The Bertz CT molecular complexity index is 638. The Morgan fingerprint density at radius 2 is 1.92 bits per heavy atom. The van der Waals surface area contributed by atoms with Crippen molar-refractivity contribution in [2.24, 2.45) is 0 Å². The molecule has 0 radical (unpaired) electrons. The van der Waals surface area contributed by atoms with Crippen molar-refractivity contribution in [1.82, 2.24) is 5.32 Å². The minimum absolute atomic E-state index is 0.193. The zero-order chi connectivity index (χ0) is 17.2. The zero-order valence-corrected chi connectivity index (χ0v) is 14.2. The molecule has 130 valence electrons. The van der Waals surface area contributed by atoms with Crippen molar-refractivity contribution >= 4 is 17.5 Å². The molecule has 0 bridgehead atoms. The first-order valence-electron chi connectivity index (χ1n) is 8.46. The molecule has 6 heteroatoms. The van der Waals surface area contributed by atoms with Crippen molar-refractivity contribution in [3.63, 3.8) is 0 Å². The van der Waals surface area contributed by atoms with E-state index in [0.29, 0.717) is 12.3 Å². The predicted octanol–water partition coefficient (Wildman–Crippen LogP) is 2.04. The topological polar surface area (TPSA) is 76.7 Å². The Morgan fingerprint density at radius 1 is 1.17 bits per heavy atom. The van der Waals surface area contributed by atoms with Crippen molar-refractivity contribution in [2.45, 2.75) is 51.4 Å². The van der Waals surface area contributed by atoms with Gasteiger partial charge in [-0.05, 0) is 49.9 Å². The molecular formula is C18H24N2O4. The van der Waals surface area contributed by atoms with E-state index in [2.05, 4.69) is 10.6 Å². The molecule has 24 heavy (non-hydrogen) atoms. The van der Waals surface area contributed by atoms with Crippen molar-refractivity contribution < 1.29 is 19.1 Å². The minimum Gasteiger partial charge on any atom is -0.347 e. The van der Waals surface area contributed by atoms with Gasteiger partial charge < -0.3 is 20.1 Å². The number of hydrogen-bond acceptors (Lipinski definition) is 4. The second kappa shape index (κ2) is 6.91. The van der Waals surface area contributed by atoms with E-state index in [4.69, 9.17) is 9.47 Å². The molecule has 6 nitrogen and oxygen atoms in total. The molecule has 2 amide bonds. The summed E-state index contributed by atoms with van der Waals surface area (Å²) < 4.78 is 11.7. The quantitative estimate of drug-likeness (QED) is 0.831. The summed E-state index contributed by atoms with van der Waals surface area (Å²) in [7, 11) is 0. The normalized spacial score (nSPS) is 21.8. The molecule has 1 saturated carbocycles. The van der Waals surface area contributed by atoms with Crippen LogP contribution in [0.25, 0.3) is 0 Å². The van der Waals surface area contributed by atoms with Gasteiger partial charge >= 0.3 is 11.8 Å². The van der Waals surface area contributed by atoms with Gasteiger partial charge in [-0.2, -0.15) is 0 Å². The molecule has 1 atom stereocenters. The average molecular weight is 332 g/mol. The number of aryl methyl sites for hydroxylation is 2. The summed E-state index contributed by atoms with van der Waals surface area (Å²) in [5.41, 5.74) is 2.81. The fourth-order valence-corrected chi connectivity index (χ4v) is 3.19. The summed E-state index contributed by atoms with van der Waals surface area (Å²) in [5.74, 6) is -1.78. The van der Waals surface area contributed by atoms with Gasteiger partial charge in [-0.25, -0.2) is 0 Å². The Labute approximate surface area is 141 Å². The fourth-order valence-electron chi connectivity index (χ4n) is 3.19. The van der Waals surface area contributed by atoms with E-state index in [0.717, 1.165) is 36.8 Å². The lowest BCUT2D eigenvalue weighted by molar-refractivity contribution is -0.161. The molecule has 1 heterocycles. The highest BCUT2D eigenvalue weighted by molar-refractivity contribution is 6.39. The first-order valence-corrected chi connectivity index (χ1v) is 8.46. The van der Waals surface area contributed by atoms with Crippen molar-refractivity contribution in [1.29, 1.82) is 0 Å². The van der Waals surface area contributed by atoms with E-state index in [1.807, 2.05) is 26.0 Å². The van der Waals surface area contributed by atoms with Gasteiger partial charge in [0.05, 0.1) is 6.61 Å². The van der Waals surface area contributed by atoms with E-state index in [1.54, 1.807) is 6.07 Å². The maximum absolute atomic E-state index is 12.0. The molecule has 3 rings (SSSR count). The Hall–Kier alpha value is -1.92. The van der Waals surface area contributed by atoms with Gasteiger partial charge in [0.2, 0.25) is 0 Å². The molecule has 2 N–H and O–H groups in total. The maximum atomic E-state index is 12.0. The van der Waals surface area contributed by atoms with Crippen LogP contribution in [0.4, 0.5) is 5.69 Å². The van der Waals surface area contributed by atoms with Crippen LogP contribution < -0.4 is 10.6 Å². The molecule has 0 aromatic heterocycles. The Balaban J connectivity index is 1.46. The number of carbonyl (C=O) groups excluding carboxylic acids is 2. The smallest absolute Gasteiger partial charge is 0.313 e. The predicted molar refractivity (Wildman–Crippen MR) is 89.6 cm³/mol. The van der Waals surface area contributed by atoms with Crippen molar-refractivity contribution in [3.05, 3.63) is 29.3 Å². The average Bonchev–Trinajstić information content (AvgIpc) is 3.19. The highest BCUT2D eigenvalue weighted by Gasteiger charge is 2.43. The van der Waals surface area contributed by atoms with Crippen LogP contribution in [0, 0.1) is 13.8 Å². The molecule has 1 aromatic carbocycles. The first kappa shape index (κ1) is 16.9.